The number of halogens is 3. The maximum Gasteiger partial charge on any atom is 0.573 e. The first kappa shape index (κ1) is 14.2. The molecule has 1 N–H and O–H groups in total. The molecule has 0 amide bonds. The molecule has 0 saturated carbocycles. The zero-order valence-corrected chi connectivity index (χ0v) is 11.0. The van der Waals surface area contributed by atoms with E-state index >= 15 is 0 Å². The lowest BCUT2D eigenvalue weighted by Crippen LogP contribution is -2.17. The Morgan fingerprint density at radius 3 is 2.05 bits per heavy atom. The Labute approximate surface area is 114 Å². The van der Waals surface area contributed by atoms with Crippen molar-refractivity contribution in [1.82, 2.24) is 0 Å². The number of aromatic hydroxyl groups is 1. The monoisotopic (exact) mass is 282 g/mol. The molecular weight excluding hydrogens is 269 g/mol. The summed E-state index contributed by atoms with van der Waals surface area (Å²) in [6, 6.07) is 9.51. The zero-order chi connectivity index (χ0) is 14.9. The lowest BCUT2D eigenvalue weighted by Gasteiger charge is -2.12. The second-order valence-electron chi connectivity index (χ2n) is 4.53. The lowest BCUT2D eigenvalue weighted by molar-refractivity contribution is -0.275. The fourth-order valence-electron chi connectivity index (χ4n) is 1.83. The molecular formula is C15H13F3O2. The van der Waals surface area contributed by atoms with Gasteiger partial charge in [-0.05, 0) is 48.2 Å². The molecule has 0 heterocycles. The van der Waals surface area contributed by atoms with Crippen molar-refractivity contribution < 1.29 is 23.0 Å². The van der Waals surface area contributed by atoms with Crippen molar-refractivity contribution in [2.45, 2.75) is 20.2 Å². The molecule has 2 aromatic carbocycles. The average Bonchev–Trinajstić information content (AvgIpc) is 2.34. The Morgan fingerprint density at radius 2 is 1.50 bits per heavy atom. The van der Waals surface area contributed by atoms with Gasteiger partial charge in [0.15, 0.2) is 11.5 Å². The van der Waals surface area contributed by atoms with Crippen LogP contribution in [0.2, 0.25) is 0 Å². The maximum atomic E-state index is 12.1. The van der Waals surface area contributed by atoms with E-state index in [1.165, 1.54) is 12.1 Å². The predicted molar refractivity (Wildman–Crippen MR) is 69.7 cm³/mol. The van der Waals surface area contributed by atoms with E-state index in [1.807, 2.05) is 32.0 Å². The van der Waals surface area contributed by atoms with E-state index in [0.717, 1.165) is 22.8 Å². The highest BCUT2D eigenvalue weighted by atomic mass is 19.4. The van der Waals surface area contributed by atoms with Crippen molar-refractivity contribution in [1.29, 1.82) is 0 Å². The molecule has 0 radical (unpaired) electrons. The van der Waals surface area contributed by atoms with Gasteiger partial charge >= 0.3 is 6.36 Å². The first-order valence-electron chi connectivity index (χ1n) is 5.92. The van der Waals surface area contributed by atoms with E-state index in [9.17, 15) is 18.3 Å². The van der Waals surface area contributed by atoms with E-state index in [1.54, 1.807) is 0 Å². The van der Waals surface area contributed by atoms with Crippen LogP contribution in [0.25, 0.3) is 11.1 Å². The summed E-state index contributed by atoms with van der Waals surface area (Å²) >= 11 is 0. The summed E-state index contributed by atoms with van der Waals surface area (Å²) in [6.45, 7) is 3.91. The van der Waals surface area contributed by atoms with Gasteiger partial charge in [0, 0.05) is 0 Å². The van der Waals surface area contributed by atoms with Gasteiger partial charge in [0.1, 0.15) is 0 Å². The van der Waals surface area contributed by atoms with E-state index in [0.29, 0.717) is 5.56 Å². The molecule has 20 heavy (non-hydrogen) atoms. The molecule has 0 spiro atoms. The standard InChI is InChI=1S/C15H13F3O2/c1-9-3-4-11(7-10(9)2)12-5-6-14(13(19)8-12)20-15(16,17)18/h3-8,19H,1-2H3. The highest BCUT2D eigenvalue weighted by molar-refractivity contribution is 5.68. The Hall–Kier alpha value is -2.17. The molecule has 2 nitrogen and oxygen atoms in total. The van der Waals surface area contributed by atoms with Gasteiger partial charge in [-0.15, -0.1) is 13.2 Å². The summed E-state index contributed by atoms with van der Waals surface area (Å²) in [5.41, 5.74) is 3.63. The van der Waals surface area contributed by atoms with E-state index in [2.05, 4.69) is 4.74 Å². The minimum atomic E-state index is -4.82. The van der Waals surface area contributed by atoms with Crippen molar-refractivity contribution in [2.24, 2.45) is 0 Å². The van der Waals surface area contributed by atoms with Gasteiger partial charge in [-0.3, -0.25) is 0 Å². The summed E-state index contributed by atoms with van der Waals surface area (Å²) in [7, 11) is 0. The van der Waals surface area contributed by atoms with Gasteiger partial charge in [-0.1, -0.05) is 24.3 Å². The average molecular weight is 282 g/mol. The molecule has 106 valence electrons. The van der Waals surface area contributed by atoms with Crippen LogP contribution in [0.1, 0.15) is 11.1 Å². The molecule has 2 rings (SSSR count). The molecule has 0 aromatic heterocycles. The normalized spacial score (nSPS) is 11.4. The number of aryl methyl sites for hydroxylation is 2. The van der Waals surface area contributed by atoms with Crippen LogP contribution in [-0.2, 0) is 0 Å². The van der Waals surface area contributed by atoms with Crippen LogP contribution in [0.3, 0.4) is 0 Å². The molecule has 2 aromatic rings. The van der Waals surface area contributed by atoms with Crippen LogP contribution < -0.4 is 4.74 Å². The van der Waals surface area contributed by atoms with Gasteiger partial charge in [0.05, 0.1) is 0 Å². The van der Waals surface area contributed by atoms with Crippen LogP contribution >= 0.6 is 0 Å². The predicted octanol–water partition coefficient (Wildman–Crippen LogP) is 4.57. The van der Waals surface area contributed by atoms with Crippen LogP contribution in [0.15, 0.2) is 36.4 Å². The topological polar surface area (TPSA) is 29.5 Å². The Balaban J connectivity index is 2.35. The molecule has 0 saturated heterocycles. The number of phenolic OH excluding ortho intramolecular Hbond substituents is 1. The smallest absolute Gasteiger partial charge is 0.504 e. The number of alkyl halides is 3. The summed E-state index contributed by atoms with van der Waals surface area (Å²) in [5, 5.41) is 9.61. The highest BCUT2D eigenvalue weighted by Gasteiger charge is 2.32. The molecule has 0 fully saturated rings. The van der Waals surface area contributed by atoms with Crippen molar-refractivity contribution in [2.75, 3.05) is 0 Å². The lowest BCUT2D eigenvalue weighted by atomic mass is 10.0. The number of hydrogen-bond acceptors (Lipinski definition) is 2. The SMILES string of the molecule is Cc1ccc(-c2ccc(OC(F)(F)F)c(O)c2)cc1C. The number of ether oxygens (including phenoxy) is 1. The Morgan fingerprint density at radius 1 is 0.900 bits per heavy atom. The van der Waals surface area contributed by atoms with E-state index in [4.69, 9.17) is 0 Å². The van der Waals surface area contributed by atoms with Gasteiger partial charge in [-0.2, -0.15) is 0 Å². The van der Waals surface area contributed by atoms with Gasteiger partial charge in [0.2, 0.25) is 0 Å². The van der Waals surface area contributed by atoms with Crippen molar-refractivity contribution in [3.63, 3.8) is 0 Å². The van der Waals surface area contributed by atoms with Gasteiger partial charge in [-0.25, -0.2) is 0 Å². The number of rotatable bonds is 2. The molecule has 5 heteroatoms. The Kier molecular flexibility index (Phi) is 3.61. The molecule has 0 aliphatic heterocycles. The first-order chi connectivity index (χ1) is 9.26. The highest BCUT2D eigenvalue weighted by Crippen LogP contribution is 2.35. The fraction of sp³-hybridized carbons (Fsp3) is 0.200. The third kappa shape index (κ3) is 3.23. The van der Waals surface area contributed by atoms with Crippen molar-refractivity contribution in [3.05, 3.63) is 47.5 Å². The third-order valence-corrected chi connectivity index (χ3v) is 3.02. The van der Waals surface area contributed by atoms with E-state index in [-0.39, 0.29) is 0 Å². The van der Waals surface area contributed by atoms with Gasteiger partial charge < -0.3 is 9.84 Å². The molecule has 0 atom stereocenters. The first-order valence-corrected chi connectivity index (χ1v) is 5.92. The van der Waals surface area contributed by atoms with Gasteiger partial charge in [0.25, 0.3) is 0 Å². The minimum Gasteiger partial charge on any atom is -0.504 e. The number of benzene rings is 2. The quantitative estimate of drug-likeness (QED) is 0.874. The summed E-state index contributed by atoms with van der Waals surface area (Å²) in [5.74, 6) is -1.15. The van der Waals surface area contributed by atoms with Crippen LogP contribution in [-0.4, -0.2) is 11.5 Å². The summed E-state index contributed by atoms with van der Waals surface area (Å²) in [6.07, 6.45) is -4.82. The number of hydrogen-bond donors (Lipinski definition) is 1. The summed E-state index contributed by atoms with van der Waals surface area (Å²) in [4.78, 5) is 0. The fourth-order valence-corrected chi connectivity index (χ4v) is 1.83. The summed E-state index contributed by atoms with van der Waals surface area (Å²) < 4.78 is 40.0. The van der Waals surface area contributed by atoms with E-state index < -0.39 is 17.9 Å². The second-order valence-corrected chi connectivity index (χ2v) is 4.53. The minimum absolute atomic E-state index is 0.543. The maximum absolute atomic E-state index is 12.1. The largest absolute Gasteiger partial charge is 0.573 e. The second kappa shape index (κ2) is 5.07. The molecule has 0 bridgehead atoms. The molecule has 0 aliphatic carbocycles. The van der Waals surface area contributed by atoms with Crippen molar-refractivity contribution >= 4 is 0 Å². The third-order valence-electron chi connectivity index (χ3n) is 3.02. The van der Waals surface area contributed by atoms with Crippen LogP contribution in [0.5, 0.6) is 11.5 Å². The van der Waals surface area contributed by atoms with Crippen LogP contribution in [0, 0.1) is 13.8 Å². The van der Waals surface area contributed by atoms with Crippen LogP contribution in [0.4, 0.5) is 13.2 Å². The molecule has 0 unspecified atom stereocenters. The molecule has 0 aliphatic rings. The van der Waals surface area contributed by atoms with Crippen molar-refractivity contribution in [3.8, 4) is 22.6 Å². The Bertz CT molecular complexity index is 634. The number of phenols is 1. The zero-order valence-electron chi connectivity index (χ0n) is 11.0.